The molecule has 0 aromatic heterocycles. The minimum Gasteiger partial charge on any atom is -0.462 e. The topological polar surface area (TPSA) is 55.4 Å². The average molecular weight is 321 g/mol. The van der Waals surface area contributed by atoms with Crippen LogP contribution in [0.2, 0.25) is 0 Å². The third-order valence-electron chi connectivity index (χ3n) is 4.53. The van der Waals surface area contributed by atoms with Crippen LogP contribution in [0.3, 0.4) is 0 Å². The zero-order valence-corrected chi connectivity index (χ0v) is 13.7. The zero-order valence-electron chi connectivity index (χ0n) is 13.7. The van der Waals surface area contributed by atoms with Crippen molar-refractivity contribution in [2.45, 2.75) is 52.1 Å². The van der Waals surface area contributed by atoms with Crippen molar-refractivity contribution in [3.63, 3.8) is 0 Å². The van der Waals surface area contributed by atoms with Crippen molar-refractivity contribution < 1.29 is 18.7 Å². The van der Waals surface area contributed by atoms with Crippen molar-refractivity contribution in [1.29, 1.82) is 0 Å². The van der Waals surface area contributed by atoms with Crippen LogP contribution in [0, 0.1) is 17.7 Å². The molecule has 126 valence electrons. The number of hydrogen-bond donors (Lipinski definition) is 1. The van der Waals surface area contributed by atoms with Gasteiger partial charge in [-0.25, -0.2) is 4.39 Å². The van der Waals surface area contributed by atoms with Crippen molar-refractivity contribution in [2.24, 2.45) is 11.8 Å². The van der Waals surface area contributed by atoms with Crippen LogP contribution in [0.25, 0.3) is 0 Å². The number of amides is 1. The molecule has 1 aliphatic carbocycles. The van der Waals surface area contributed by atoms with Crippen LogP contribution in [0.5, 0.6) is 0 Å². The van der Waals surface area contributed by atoms with Gasteiger partial charge in [-0.1, -0.05) is 13.8 Å². The Morgan fingerprint density at radius 3 is 2.48 bits per heavy atom. The molecule has 1 N–H and O–H groups in total. The van der Waals surface area contributed by atoms with Crippen molar-refractivity contribution in [3.05, 3.63) is 30.1 Å². The summed E-state index contributed by atoms with van der Waals surface area (Å²) in [6.07, 6.45) is 2.98. The molecule has 0 bridgehead atoms. The maximum absolute atomic E-state index is 12.8. The SMILES string of the molecule is C[C@@H]1CC[C@H](OC(=O)CCC(=O)Nc2ccc(F)cc2)C[C@H]1C. The van der Waals surface area contributed by atoms with E-state index in [1.54, 1.807) is 0 Å². The van der Waals surface area contributed by atoms with Gasteiger partial charge >= 0.3 is 5.97 Å². The molecule has 1 aromatic carbocycles. The first-order chi connectivity index (χ1) is 10.9. The molecule has 1 fully saturated rings. The summed E-state index contributed by atoms with van der Waals surface area (Å²) in [5, 5.41) is 2.63. The van der Waals surface area contributed by atoms with E-state index in [0.717, 1.165) is 19.3 Å². The lowest BCUT2D eigenvalue weighted by Crippen LogP contribution is -2.29. The molecule has 0 unspecified atom stereocenters. The monoisotopic (exact) mass is 321 g/mol. The number of ether oxygens (including phenoxy) is 1. The normalized spacial score (nSPS) is 24.0. The smallest absolute Gasteiger partial charge is 0.306 e. The van der Waals surface area contributed by atoms with Crippen LogP contribution in [0.1, 0.15) is 46.0 Å². The largest absolute Gasteiger partial charge is 0.462 e. The molecule has 23 heavy (non-hydrogen) atoms. The fraction of sp³-hybridized carbons (Fsp3) is 0.556. The van der Waals surface area contributed by atoms with E-state index in [-0.39, 0.29) is 36.6 Å². The summed E-state index contributed by atoms with van der Waals surface area (Å²) >= 11 is 0. The number of carbonyl (C=O) groups is 2. The van der Waals surface area contributed by atoms with Gasteiger partial charge in [0.05, 0.1) is 6.42 Å². The molecule has 0 heterocycles. The van der Waals surface area contributed by atoms with Gasteiger partial charge in [0, 0.05) is 12.1 Å². The summed E-state index contributed by atoms with van der Waals surface area (Å²) in [6, 6.07) is 5.51. The van der Waals surface area contributed by atoms with Crippen LogP contribution in [-0.4, -0.2) is 18.0 Å². The Kier molecular flexibility index (Phi) is 6.13. The Morgan fingerprint density at radius 2 is 1.83 bits per heavy atom. The standard InChI is InChI=1S/C18H24FNO3/c1-12-3-8-16(11-13(12)2)23-18(22)10-9-17(21)20-15-6-4-14(19)5-7-15/h4-7,12-13,16H,3,8-11H2,1-2H3,(H,20,21)/t12-,13-,16+/m1/s1. The van der Waals surface area contributed by atoms with E-state index in [1.807, 2.05) is 0 Å². The third-order valence-corrected chi connectivity index (χ3v) is 4.53. The second kappa shape index (κ2) is 8.09. The highest BCUT2D eigenvalue weighted by molar-refractivity contribution is 5.92. The number of anilines is 1. The maximum atomic E-state index is 12.8. The number of benzene rings is 1. The van der Waals surface area contributed by atoms with Gasteiger partial charge in [0.15, 0.2) is 0 Å². The maximum Gasteiger partial charge on any atom is 0.306 e. The van der Waals surface area contributed by atoms with Gasteiger partial charge < -0.3 is 10.1 Å². The van der Waals surface area contributed by atoms with E-state index in [4.69, 9.17) is 4.74 Å². The predicted octanol–water partition coefficient (Wildman–Crippen LogP) is 3.91. The number of carbonyl (C=O) groups excluding carboxylic acids is 2. The second-order valence-electron chi connectivity index (χ2n) is 6.43. The van der Waals surface area contributed by atoms with Crippen LogP contribution >= 0.6 is 0 Å². The van der Waals surface area contributed by atoms with Crippen molar-refractivity contribution >= 4 is 17.6 Å². The van der Waals surface area contributed by atoms with E-state index in [0.29, 0.717) is 17.5 Å². The van der Waals surface area contributed by atoms with Gasteiger partial charge in [-0.3, -0.25) is 9.59 Å². The Morgan fingerprint density at radius 1 is 1.13 bits per heavy atom. The molecule has 0 aliphatic heterocycles. The predicted molar refractivity (Wildman–Crippen MR) is 86.3 cm³/mol. The zero-order chi connectivity index (χ0) is 16.8. The second-order valence-corrected chi connectivity index (χ2v) is 6.43. The number of rotatable bonds is 5. The molecular weight excluding hydrogens is 297 g/mol. The quantitative estimate of drug-likeness (QED) is 0.837. The van der Waals surface area contributed by atoms with Gasteiger partial charge in [0.2, 0.25) is 5.91 Å². The van der Waals surface area contributed by atoms with E-state index in [1.165, 1.54) is 24.3 Å². The van der Waals surface area contributed by atoms with Crippen molar-refractivity contribution in [2.75, 3.05) is 5.32 Å². The highest BCUT2D eigenvalue weighted by atomic mass is 19.1. The number of halogens is 1. The molecule has 1 saturated carbocycles. The van der Waals surface area contributed by atoms with Crippen LogP contribution in [0.4, 0.5) is 10.1 Å². The Hall–Kier alpha value is -1.91. The molecule has 0 spiro atoms. The summed E-state index contributed by atoms with van der Waals surface area (Å²) < 4.78 is 18.2. The highest BCUT2D eigenvalue weighted by Crippen LogP contribution is 2.31. The van der Waals surface area contributed by atoms with Crippen LogP contribution in [0.15, 0.2) is 24.3 Å². The number of nitrogens with one attached hydrogen (secondary N) is 1. The Balaban J connectivity index is 1.69. The fourth-order valence-corrected chi connectivity index (χ4v) is 2.82. The molecule has 4 nitrogen and oxygen atoms in total. The Bertz CT molecular complexity index is 544. The molecular formula is C18H24FNO3. The van der Waals surface area contributed by atoms with Gasteiger partial charge in [-0.15, -0.1) is 0 Å². The molecule has 0 radical (unpaired) electrons. The van der Waals surface area contributed by atoms with Gasteiger partial charge in [-0.2, -0.15) is 0 Å². The van der Waals surface area contributed by atoms with Gasteiger partial charge in [0.1, 0.15) is 11.9 Å². The van der Waals surface area contributed by atoms with E-state index < -0.39 is 0 Å². The van der Waals surface area contributed by atoms with E-state index in [9.17, 15) is 14.0 Å². The van der Waals surface area contributed by atoms with Crippen molar-refractivity contribution in [1.82, 2.24) is 0 Å². The van der Waals surface area contributed by atoms with Crippen LogP contribution < -0.4 is 5.32 Å². The average Bonchev–Trinajstić information content (AvgIpc) is 2.51. The first-order valence-corrected chi connectivity index (χ1v) is 8.19. The third kappa shape index (κ3) is 5.66. The summed E-state index contributed by atoms with van der Waals surface area (Å²) in [4.78, 5) is 23.6. The minimum absolute atomic E-state index is 0.0196. The lowest BCUT2D eigenvalue weighted by Gasteiger charge is -2.31. The van der Waals surface area contributed by atoms with E-state index >= 15 is 0 Å². The molecule has 0 saturated heterocycles. The summed E-state index contributed by atoms with van der Waals surface area (Å²) in [5.74, 6) is 0.266. The summed E-state index contributed by atoms with van der Waals surface area (Å²) in [5.41, 5.74) is 0.514. The first-order valence-electron chi connectivity index (χ1n) is 8.19. The molecule has 2 rings (SSSR count). The van der Waals surface area contributed by atoms with E-state index in [2.05, 4.69) is 19.2 Å². The molecule has 1 aromatic rings. The molecule has 1 aliphatic rings. The van der Waals surface area contributed by atoms with Gasteiger partial charge in [-0.05, 0) is 55.4 Å². The Labute approximate surface area is 136 Å². The summed E-state index contributed by atoms with van der Waals surface area (Å²) in [6.45, 7) is 4.41. The fourth-order valence-electron chi connectivity index (χ4n) is 2.82. The van der Waals surface area contributed by atoms with Crippen molar-refractivity contribution in [3.8, 4) is 0 Å². The lowest BCUT2D eigenvalue weighted by atomic mass is 9.80. The molecule has 5 heteroatoms. The summed E-state index contributed by atoms with van der Waals surface area (Å²) in [7, 11) is 0. The highest BCUT2D eigenvalue weighted by Gasteiger charge is 2.27. The number of hydrogen-bond acceptors (Lipinski definition) is 3. The van der Waals surface area contributed by atoms with Gasteiger partial charge in [0.25, 0.3) is 0 Å². The minimum atomic E-state index is -0.359. The molecule has 3 atom stereocenters. The molecule has 1 amide bonds. The number of esters is 1. The first kappa shape index (κ1) is 17.4. The van der Waals surface area contributed by atoms with Crippen LogP contribution in [-0.2, 0) is 14.3 Å². The lowest BCUT2D eigenvalue weighted by molar-refractivity contribution is -0.152.